The van der Waals surface area contributed by atoms with Crippen molar-refractivity contribution in [1.82, 2.24) is 0 Å². The summed E-state index contributed by atoms with van der Waals surface area (Å²) in [6, 6.07) is 0.166. The molecule has 0 aromatic rings. The summed E-state index contributed by atoms with van der Waals surface area (Å²) in [5.74, 6) is 0.706. The van der Waals surface area contributed by atoms with E-state index in [1.807, 2.05) is 0 Å². The Morgan fingerprint density at radius 1 is 1.20 bits per heavy atom. The summed E-state index contributed by atoms with van der Waals surface area (Å²) in [4.78, 5) is 0. The highest BCUT2D eigenvalue weighted by Gasteiger charge is 2.33. The Morgan fingerprint density at radius 2 is 1.73 bits per heavy atom. The molecule has 2 atom stereocenters. The largest absolute Gasteiger partial charge is 0.377 e. The molecule has 0 radical (unpaired) electrons. The first-order valence-electron chi connectivity index (χ1n) is 6.36. The Kier molecular flexibility index (Phi) is 7.20. The summed E-state index contributed by atoms with van der Waals surface area (Å²) in [5, 5.41) is 0. The molecule has 0 aliphatic heterocycles. The van der Waals surface area contributed by atoms with Crippen molar-refractivity contribution in [3.8, 4) is 0 Å². The predicted octanol–water partition coefficient (Wildman–Crippen LogP) is 3.35. The molecule has 0 aliphatic carbocycles. The summed E-state index contributed by atoms with van der Waals surface area (Å²) in [6.45, 7) is 8.84. The molecule has 0 saturated heterocycles. The summed E-state index contributed by atoms with van der Waals surface area (Å²) in [7, 11) is 1.79. The van der Waals surface area contributed by atoms with Crippen molar-refractivity contribution < 1.29 is 4.74 Å². The minimum Gasteiger partial charge on any atom is -0.377 e. The van der Waals surface area contributed by atoms with Crippen LogP contribution in [0.1, 0.15) is 59.8 Å². The van der Waals surface area contributed by atoms with Crippen LogP contribution in [-0.4, -0.2) is 18.8 Å². The standard InChI is InChI=1S/C13H29NO/c1-6-9-11(4)10-12(14)13(7-2,8-3)15-5/h11-12H,6-10,14H2,1-5H3. The fraction of sp³-hybridized carbons (Fsp3) is 1.00. The van der Waals surface area contributed by atoms with Crippen molar-refractivity contribution in [2.45, 2.75) is 71.4 Å². The van der Waals surface area contributed by atoms with Crippen molar-refractivity contribution in [2.75, 3.05) is 7.11 Å². The highest BCUT2D eigenvalue weighted by Crippen LogP contribution is 2.27. The molecule has 92 valence electrons. The summed E-state index contributed by atoms with van der Waals surface area (Å²) >= 11 is 0. The van der Waals surface area contributed by atoms with Gasteiger partial charge in [-0.05, 0) is 25.2 Å². The number of ether oxygens (including phenoxy) is 1. The SMILES string of the molecule is CCCC(C)CC(N)C(CC)(CC)OC. The first-order chi connectivity index (χ1) is 7.06. The zero-order valence-electron chi connectivity index (χ0n) is 11.2. The molecule has 0 aromatic carbocycles. The van der Waals surface area contributed by atoms with Gasteiger partial charge in [0.05, 0.1) is 5.60 Å². The molecule has 0 rings (SSSR count). The minimum atomic E-state index is -0.109. The lowest BCUT2D eigenvalue weighted by Gasteiger charge is -2.37. The third-order valence-electron chi connectivity index (χ3n) is 3.72. The zero-order valence-corrected chi connectivity index (χ0v) is 11.2. The fourth-order valence-electron chi connectivity index (χ4n) is 2.47. The molecule has 0 aromatic heterocycles. The van der Waals surface area contributed by atoms with Gasteiger partial charge in [0.1, 0.15) is 0 Å². The third-order valence-corrected chi connectivity index (χ3v) is 3.72. The normalized spacial score (nSPS) is 16.4. The smallest absolute Gasteiger partial charge is 0.0823 e. The predicted molar refractivity (Wildman–Crippen MR) is 67.0 cm³/mol. The van der Waals surface area contributed by atoms with Crippen LogP contribution in [0.4, 0.5) is 0 Å². The molecule has 0 fully saturated rings. The maximum atomic E-state index is 6.29. The summed E-state index contributed by atoms with van der Waals surface area (Å²) < 4.78 is 5.65. The first-order valence-corrected chi connectivity index (χ1v) is 6.36. The van der Waals surface area contributed by atoms with Crippen LogP contribution in [0.25, 0.3) is 0 Å². The molecule has 0 heterocycles. The van der Waals surface area contributed by atoms with Crippen molar-refractivity contribution in [3.63, 3.8) is 0 Å². The van der Waals surface area contributed by atoms with Crippen molar-refractivity contribution in [2.24, 2.45) is 11.7 Å². The molecule has 0 amide bonds. The molecular formula is C13H29NO. The van der Waals surface area contributed by atoms with Crippen molar-refractivity contribution >= 4 is 0 Å². The molecule has 2 heteroatoms. The molecule has 15 heavy (non-hydrogen) atoms. The Hall–Kier alpha value is -0.0800. The number of nitrogens with two attached hydrogens (primary N) is 1. The van der Waals surface area contributed by atoms with E-state index in [0.29, 0.717) is 5.92 Å². The van der Waals surface area contributed by atoms with E-state index in [0.717, 1.165) is 19.3 Å². The molecular weight excluding hydrogens is 186 g/mol. The van der Waals surface area contributed by atoms with Gasteiger partial charge < -0.3 is 10.5 Å². The van der Waals surface area contributed by atoms with E-state index >= 15 is 0 Å². The average Bonchev–Trinajstić information content (AvgIpc) is 2.21. The highest BCUT2D eigenvalue weighted by molar-refractivity contribution is 4.89. The molecule has 0 saturated carbocycles. The van der Waals surface area contributed by atoms with Crippen LogP contribution in [0.5, 0.6) is 0 Å². The third kappa shape index (κ3) is 4.12. The van der Waals surface area contributed by atoms with E-state index in [4.69, 9.17) is 10.5 Å². The number of hydrogen-bond acceptors (Lipinski definition) is 2. The lowest BCUT2D eigenvalue weighted by atomic mass is 9.83. The quantitative estimate of drug-likeness (QED) is 0.674. The monoisotopic (exact) mass is 215 g/mol. The minimum absolute atomic E-state index is 0.109. The van der Waals surface area contributed by atoms with Gasteiger partial charge in [-0.1, -0.05) is 40.5 Å². The number of hydrogen-bond donors (Lipinski definition) is 1. The molecule has 2 N–H and O–H groups in total. The van der Waals surface area contributed by atoms with Crippen LogP contribution in [0.3, 0.4) is 0 Å². The fourth-order valence-corrected chi connectivity index (χ4v) is 2.47. The Morgan fingerprint density at radius 3 is 2.07 bits per heavy atom. The second-order valence-corrected chi connectivity index (χ2v) is 4.71. The van der Waals surface area contributed by atoms with Gasteiger partial charge in [0.15, 0.2) is 0 Å². The zero-order chi connectivity index (χ0) is 11.9. The van der Waals surface area contributed by atoms with Crippen molar-refractivity contribution in [1.29, 1.82) is 0 Å². The Labute approximate surface area is 95.6 Å². The highest BCUT2D eigenvalue weighted by atomic mass is 16.5. The average molecular weight is 215 g/mol. The second-order valence-electron chi connectivity index (χ2n) is 4.71. The topological polar surface area (TPSA) is 35.2 Å². The van der Waals surface area contributed by atoms with Crippen LogP contribution in [0.15, 0.2) is 0 Å². The van der Waals surface area contributed by atoms with Crippen molar-refractivity contribution in [3.05, 3.63) is 0 Å². The van der Waals surface area contributed by atoms with Gasteiger partial charge in [-0.2, -0.15) is 0 Å². The molecule has 0 bridgehead atoms. The Bertz CT molecular complexity index is 146. The number of methoxy groups -OCH3 is 1. The second kappa shape index (κ2) is 7.24. The van der Waals surface area contributed by atoms with Gasteiger partial charge in [0.2, 0.25) is 0 Å². The maximum Gasteiger partial charge on any atom is 0.0823 e. The van der Waals surface area contributed by atoms with E-state index in [9.17, 15) is 0 Å². The molecule has 0 spiro atoms. The molecule has 2 unspecified atom stereocenters. The lowest BCUT2D eigenvalue weighted by Crippen LogP contribution is -2.49. The van der Waals surface area contributed by atoms with E-state index < -0.39 is 0 Å². The van der Waals surface area contributed by atoms with Crippen LogP contribution >= 0.6 is 0 Å². The lowest BCUT2D eigenvalue weighted by molar-refractivity contribution is -0.0426. The van der Waals surface area contributed by atoms with E-state index in [-0.39, 0.29) is 11.6 Å². The maximum absolute atomic E-state index is 6.29. The summed E-state index contributed by atoms with van der Waals surface area (Å²) in [5.41, 5.74) is 6.18. The van der Waals surface area contributed by atoms with E-state index in [1.165, 1.54) is 12.8 Å². The first kappa shape index (κ1) is 14.9. The van der Waals surface area contributed by atoms with Crippen LogP contribution in [-0.2, 0) is 4.74 Å². The van der Waals surface area contributed by atoms with Crippen LogP contribution < -0.4 is 5.73 Å². The van der Waals surface area contributed by atoms with Gasteiger partial charge in [-0.3, -0.25) is 0 Å². The van der Waals surface area contributed by atoms with Crippen LogP contribution in [0.2, 0.25) is 0 Å². The van der Waals surface area contributed by atoms with Gasteiger partial charge in [-0.15, -0.1) is 0 Å². The Balaban J connectivity index is 4.31. The number of rotatable bonds is 8. The van der Waals surface area contributed by atoms with E-state index in [1.54, 1.807) is 7.11 Å². The van der Waals surface area contributed by atoms with Gasteiger partial charge in [0, 0.05) is 13.2 Å². The van der Waals surface area contributed by atoms with Crippen LogP contribution in [0, 0.1) is 5.92 Å². The van der Waals surface area contributed by atoms with Gasteiger partial charge >= 0.3 is 0 Å². The molecule has 2 nitrogen and oxygen atoms in total. The molecule has 0 aliphatic rings. The van der Waals surface area contributed by atoms with E-state index in [2.05, 4.69) is 27.7 Å². The van der Waals surface area contributed by atoms with Gasteiger partial charge in [-0.25, -0.2) is 0 Å². The summed E-state index contributed by atoms with van der Waals surface area (Å²) in [6.07, 6.45) is 5.58. The van der Waals surface area contributed by atoms with Gasteiger partial charge in [0.25, 0.3) is 0 Å².